The predicted molar refractivity (Wildman–Crippen MR) is 76.3 cm³/mol. The highest BCUT2D eigenvalue weighted by Gasteiger charge is 2.41. The van der Waals surface area contributed by atoms with Crippen LogP contribution in [0.4, 0.5) is 0 Å². The molecule has 0 radical (unpaired) electrons. The van der Waals surface area contributed by atoms with Crippen LogP contribution in [0.15, 0.2) is 0 Å². The molecule has 0 saturated carbocycles. The summed E-state index contributed by atoms with van der Waals surface area (Å²) in [6.45, 7) is 5.34. The number of hydrogen-bond donors (Lipinski definition) is 2. The van der Waals surface area contributed by atoms with Crippen molar-refractivity contribution in [3.63, 3.8) is 0 Å². The Morgan fingerprint density at radius 3 is 3.06 bits per heavy atom. The van der Waals surface area contributed by atoms with Crippen molar-refractivity contribution in [3.05, 3.63) is 0 Å². The summed E-state index contributed by atoms with van der Waals surface area (Å²) in [5, 5.41) is 3.69. The molecular weight excluding hydrogens is 222 g/mol. The minimum atomic E-state index is 0.0811. The molecule has 0 bridgehead atoms. The van der Waals surface area contributed by atoms with Crippen LogP contribution >= 0.6 is 0 Å². The fourth-order valence-corrected chi connectivity index (χ4v) is 3.56. The fourth-order valence-electron chi connectivity index (χ4n) is 3.56. The first-order chi connectivity index (χ1) is 8.73. The van der Waals surface area contributed by atoms with Crippen molar-refractivity contribution >= 4 is 0 Å². The molecule has 3 N–H and O–H groups in total. The highest BCUT2D eigenvalue weighted by Crippen LogP contribution is 2.33. The Kier molecular flexibility index (Phi) is 4.66. The fraction of sp³-hybridized carbons (Fsp3) is 0.867. The van der Waals surface area contributed by atoms with Gasteiger partial charge in [0.15, 0.2) is 0 Å². The second-order valence-corrected chi connectivity index (χ2v) is 5.92. The van der Waals surface area contributed by atoms with Crippen LogP contribution in [0.5, 0.6) is 0 Å². The zero-order valence-electron chi connectivity index (χ0n) is 11.6. The van der Waals surface area contributed by atoms with E-state index in [1.54, 1.807) is 0 Å². The van der Waals surface area contributed by atoms with E-state index in [-0.39, 0.29) is 11.6 Å². The number of terminal acetylenes is 1. The van der Waals surface area contributed by atoms with Gasteiger partial charge in [0.05, 0.1) is 6.04 Å². The molecule has 0 aromatic carbocycles. The third kappa shape index (κ3) is 2.88. The van der Waals surface area contributed by atoms with E-state index in [1.807, 2.05) is 0 Å². The van der Waals surface area contributed by atoms with E-state index in [9.17, 15) is 0 Å². The minimum Gasteiger partial charge on any atom is -0.329 e. The second kappa shape index (κ2) is 6.06. The first-order valence-electron chi connectivity index (χ1n) is 7.41. The van der Waals surface area contributed by atoms with Crippen LogP contribution in [-0.4, -0.2) is 42.2 Å². The van der Waals surface area contributed by atoms with Gasteiger partial charge < -0.3 is 10.6 Å². The molecule has 0 aliphatic carbocycles. The number of hydrogen-bond acceptors (Lipinski definition) is 3. The molecule has 0 amide bonds. The molecule has 18 heavy (non-hydrogen) atoms. The van der Waals surface area contributed by atoms with Crippen molar-refractivity contribution in [3.8, 4) is 12.3 Å². The lowest BCUT2D eigenvalue weighted by molar-refractivity contribution is 0.106. The van der Waals surface area contributed by atoms with E-state index in [2.05, 4.69) is 23.1 Å². The lowest BCUT2D eigenvalue weighted by Gasteiger charge is -2.45. The van der Waals surface area contributed by atoms with Crippen LogP contribution in [-0.2, 0) is 0 Å². The third-order valence-electron chi connectivity index (χ3n) is 4.65. The van der Waals surface area contributed by atoms with Gasteiger partial charge in [0, 0.05) is 24.7 Å². The lowest BCUT2D eigenvalue weighted by atomic mass is 9.82. The first kappa shape index (κ1) is 13.9. The van der Waals surface area contributed by atoms with Crippen LogP contribution in [0, 0.1) is 12.3 Å². The summed E-state index contributed by atoms with van der Waals surface area (Å²) in [7, 11) is 0. The van der Waals surface area contributed by atoms with E-state index >= 15 is 0 Å². The molecule has 102 valence electrons. The van der Waals surface area contributed by atoms with Crippen molar-refractivity contribution in [1.82, 2.24) is 10.2 Å². The minimum absolute atomic E-state index is 0.0811. The average molecular weight is 249 g/mol. The number of piperidine rings is 1. The maximum Gasteiger partial charge on any atom is 0.0691 e. The standard InChI is InChI=1S/C15H27N3/c1-3-6-13(4-2)17-15(12-16)8-10-18-9-5-7-14(18)11-15/h2,13-14,17H,3,5-12,16H2,1H3. The average Bonchev–Trinajstić information content (AvgIpc) is 2.85. The van der Waals surface area contributed by atoms with Crippen LogP contribution in [0.1, 0.15) is 45.4 Å². The molecule has 2 rings (SSSR count). The SMILES string of the molecule is C#CC(CCC)NC1(CN)CCN2CCCC2C1. The van der Waals surface area contributed by atoms with Gasteiger partial charge in [-0.05, 0) is 38.6 Å². The molecule has 2 saturated heterocycles. The van der Waals surface area contributed by atoms with Gasteiger partial charge in [-0.15, -0.1) is 6.42 Å². The largest absolute Gasteiger partial charge is 0.329 e. The van der Waals surface area contributed by atoms with Gasteiger partial charge in [0.2, 0.25) is 0 Å². The Hall–Kier alpha value is -0.560. The topological polar surface area (TPSA) is 41.3 Å². The first-order valence-corrected chi connectivity index (χ1v) is 7.41. The number of nitrogens with two attached hydrogens (primary N) is 1. The van der Waals surface area contributed by atoms with Gasteiger partial charge in [-0.3, -0.25) is 5.32 Å². The Labute approximate surface area is 111 Å². The quantitative estimate of drug-likeness (QED) is 0.722. The normalized spacial score (nSPS) is 33.9. The van der Waals surface area contributed by atoms with Crippen LogP contribution < -0.4 is 11.1 Å². The van der Waals surface area contributed by atoms with Gasteiger partial charge in [-0.25, -0.2) is 0 Å². The summed E-state index contributed by atoms with van der Waals surface area (Å²) in [5.41, 5.74) is 6.15. The Balaban J connectivity index is 2.00. The van der Waals surface area contributed by atoms with Crippen molar-refractivity contribution < 1.29 is 0 Å². The monoisotopic (exact) mass is 249 g/mol. The molecule has 3 heteroatoms. The number of fused-ring (bicyclic) bond motifs is 1. The van der Waals surface area contributed by atoms with Gasteiger partial charge in [-0.2, -0.15) is 0 Å². The summed E-state index contributed by atoms with van der Waals surface area (Å²) in [6, 6.07) is 0.918. The summed E-state index contributed by atoms with van der Waals surface area (Å²) in [4.78, 5) is 2.63. The molecule has 3 atom stereocenters. The molecule has 3 nitrogen and oxygen atoms in total. The van der Waals surface area contributed by atoms with E-state index < -0.39 is 0 Å². The smallest absolute Gasteiger partial charge is 0.0691 e. The summed E-state index contributed by atoms with van der Waals surface area (Å²) < 4.78 is 0. The highest BCUT2D eigenvalue weighted by atomic mass is 15.2. The molecular formula is C15H27N3. The summed E-state index contributed by atoms with van der Waals surface area (Å²) >= 11 is 0. The molecule has 2 heterocycles. The Morgan fingerprint density at radius 2 is 2.39 bits per heavy atom. The lowest BCUT2D eigenvalue weighted by Crippen LogP contribution is -2.61. The zero-order chi connectivity index (χ0) is 13.0. The highest BCUT2D eigenvalue weighted by molar-refractivity contribution is 5.07. The van der Waals surface area contributed by atoms with Gasteiger partial charge in [0.25, 0.3) is 0 Å². The summed E-state index contributed by atoms with van der Waals surface area (Å²) in [5.74, 6) is 2.89. The van der Waals surface area contributed by atoms with Crippen molar-refractivity contribution in [2.75, 3.05) is 19.6 Å². The van der Waals surface area contributed by atoms with E-state index in [0.717, 1.165) is 25.3 Å². The summed E-state index contributed by atoms with van der Waals surface area (Å²) in [6.07, 6.45) is 12.8. The van der Waals surface area contributed by atoms with Crippen LogP contribution in [0.2, 0.25) is 0 Å². The maximum absolute atomic E-state index is 6.07. The Bertz CT molecular complexity index is 309. The molecule has 0 spiro atoms. The van der Waals surface area contributed by atoms with Crippen molar-refractivity contribution in [2.24, 2.45) is 5.73 Å². The van der Waals surface area contributed by atoms with Crippen LogP contribution in [0.25, 0.3) is 0 Å². The van der Waals surface area contributed by atoms with Gasteiger partial charge in [0.1, 0.15) is 0 Å². The van der Waals surface area contributed by atoms with E-state index in [0.29, 0.717) is 6.54 Å². The number of nitrogens with zero attached hydrogens (tertiary/aromatic N) is 1. The van der Waals surface area contributed by atoms with E-state index in [1.165, 1.54) is 32.4 Å². The molecule has 2 aliphatic rings. The maximum atomic E-state index is 6.07. The number of nitrogens with one attached hydrogen (secondary N) is 1. The molecule has 3 unspecified atom stereocenters. The molecule has 2 fully saturated rings. The molecule has 0 aromatic rings. The van der Waals surface area contributed by atoms with Crippen molar-refractivity contribution in [2.45, 2.75) is 63.1 Å². The molecule has 0 aromatic heterocycles. The van der Waals surface area contributed by atoms with Gasteiger partial charge >= 0.3 is 0 Å². The molecule has 2 aliphatic heterocycles. The van der Waals surface area contributed by atoms with Gasteiger partial charge in [-0.1, -0.05) is 19.3 Å². The second-order valence-electron chi connectivity index (χ2n) is 5.92. The Morgan fingerprint density at radius 1 is 1.56 bits per heavy atom. The van der Waals surface area contributed by atoms with Crippen molar-refractivity contribution in [1.29, 1.82) is 0 Å². The van der Waals surface area contributed by atoms with E-state index in [4.69, 9.17) is 12.2 Å². The predicted octanol–water partition coefficient (Wildman–Crippen LogP) is 1.33. The third-order valence-corrected chi connectivity index (χ3v) is 4.65. The number of rotatable bonds is 5. The van der Waals surface area contributed by atoms with Crippen LogP contribution in [0.3, 0.4) is 0 Å². The zero-order valence-corrected chi connectivity index (χ0v) is 11.6.